The smallest absolute Gasteiger partial charge is 0.230 e. The Labute approximate surface area is 180 Å². The normalized spacial score (nSPS) is 10.7. The summed E-state index contributed by atoms with van der Waals surface area (Å²) in [6, 6.07) is 11.6. The molecule has 0 aliphatic carbocycles. The van der Waals surface area contributed by atoms with E-state index in [2.05, 4.69) is 25.6 Å². The molecule has 3 aromatic rings. The molecule has 0 unspecified atom stereocenters. The molecule has 2 N–H and O–H groups in total. The van der Waals surface area contributed by atoms with E-state index in [1.165, 1.54) is 25.6 Å². The summed E-state index contributed by atoms with van der Waals surface area (Å²) < 4.78 is 18.7. The summed E-state index contributed by atoms with van der Waals surface area (Å²) in [6.45, 7) is 1.39. The second-order valence-corrected chi connectivity index (χ2v) is 7.13. The van der Waals surface area contributed by atoms with Crippen molar-refractivity contribution < 1.29 is 13.9 Å². The number of methoxy groups -OCH3 is 1. The highest BCUT2D eigenvalue weighted by atomic mass is 19.1. The highest BCUT2D eigenvalue weighted by Crippen LogP contribution is 2.28. The van der Waals surface area contributed by atoms with Crippen molar-refractivity contribution in [3.05, 3.63) is 60.2 Å². The van der Waals surface area contributed by atoms with E-state index in [0.717, 1.165) is 17.8 Å². The van der Waals surface area contributed by atoms with Crippen LogP contribution in [0.25, 0.3) is 11.4 Å². The fourth-order valence-electron chi connectivity index (χ4n) is 2.89. The van der Waals surface area contributed by atoms with Gasteiger partial charge in [0.2, 0.25) is 11.9 Å². The van der Waals surface area contributed by atoms with Crippen LogP contribution >= 0.6 is 0 Å². The van der Waals surface area contributed by atoms with Gasteiger partial charge in [0.25, 0.3) is 0 Å². The average Bonchev–Trinajstić information content (AvgIpc) is 2.73. The van der Waals surface area contributed by atoms with Crippen LogP contribution in [-0.2, 0) is 11.2 Å². The van der Waals surface area contributed by atoms with Crippen LogP contribution in [0.1, 0.15) is 5.56 Å². The number of nitrogens with one attached hydrogen (secondary N) is 2. The van der Waals surface area contributed by atoms with Gasteiger partial charge in [-0.2, -0.15) is 4.98 Å². The molecule has 3 rings (SSSR count). The molecule has 0 saturated carbocycles. The van der Waals surface area contributed by atoms with Gasteiger partial charge in [-0.1, -0.05) is 12.1 Å². The molecular formula is C22H25FN6O2. The van der Waals surface area contributed by atoms with Crippen LogP contribution in [0.5, 0.6) is 5.75 Å². The first-order valence-corrected chi connectivity index (χ1v) is 9.75. The summed E-state index contributed by atoms with van der Waals surface area (Å²) in [5.74, 6) is 0.564. The molecule has 1 heterocycles. The Hall–Kier alpha value is -3.59. The third-order valence-electron chi connectivity index (χ3n) is 4.41. The van der Waals surface area contributed by atoms with Gasteiger partial charge < -0.3 is 20.3 Å². The van der Waals surface area contributed by atoms with Crippen LogP contribution in [-0.4, -0.2) is 60.1 Å². The monoisotopic (exact) mass is 424 g/mol. The topological polar surface area (TPSA) is 92.3 Å². The summed E-state index contributed by atoms with van der Waals surface area (Å²) >= 11 is 0. The van der Waals surface area contributed by atoms with E-state index in [1.54, 1.807) is 6.07 Å². The number of aromatic nitrogens is 3. The highest BCUT2D eigenvalue weighted by Gasteiger charge is 2.12. The third-order valence-corrected chi connectivity index (χ3v) is 4.41. The lowest BCUT2D eigenvalue weighted by atomic mass is 10.1. The van der Waals surface area contributed by atoms with Crippen LogP contribution in [0.3, 0.4) is 0 Å². The molecule has 0 aliphatic heterocycles. The quantitative estimate of drug-likeness (QED) is 0.546. The van der Waals surface area contributed by atoms with E-state index in [0.29, 0.717) is 29.6 Å². The minimum absolute atomic E-state index is 0.0372. The van der Waals surface area contributed by atoms with Gasteiger partial charge >= 0.3 is 0 Å². The first-order valence-electron chi connectivity index (χ1n) is 9.75. The zero-order valence-corrected chi connectivity index (χ0v) is 17.7. The van der Waals surface area contributed by atoms with Crippen molar-refractivity contribution in [3.8, 4) is 17.1 Å². The SMILES string of the molecule is COc1cc(F)ccc1-c1ncnc(Nc2cccc(CC(=O)NCCN(C)C)c2)n1. The Kier molecular flexibility index (Phi) is 7.45. The molecule has 31 heavy (non-hydrogen) atoms. The second kappa shape index (κ2) is 10.4. The van der Waals surface area contributed by atoms with Crippen LogP contribution in [0.4, 0.5) is 16.0 Å². The molecule has 2 aromatic carbocycles. The van der Waals surface area contributed by atoms with Crippen LogP contribution in [0, 0.1) is 5.82 Å². The first-order chi connectivity index (χ1) is 14.9. The number of benzene rings is 2. The molecule has 0 atom stereocenters. The number of hydrogen-bond acceptors (Lipinski definition) is 7. The molecule has 8 nitrogen and oxygen atoms in total. The standard InChI is InChI=1S/C22H25FN6O2/c1-29(2)10-9-24-20(30)12-15-5-4-6-17(11-15)27-22-26-14-25-21(28-22)18-8-7-16(23)13-19(18)31-3/h4-8,11,13-14H,9-10,12H2,1-3H3,(H,24,30)(H,25,26,27,28). The van der Waals surface area contributed by atoms with Crippen molar-refractivity contribution in [3.63, 3.8) is 0 Å². The van der Waals surface area contributed by atoms with E-state index in [9.17, 15) is 9.18 Å². The zero-order chi connectivity index (χ0) is 22.2. The van der Waals surface area contributed by atoms with Crippen LogP contribution < -0.4 is 15.4 Å². The molecule has 0 spiro atoms. The molecule has 0 fully saturated rings. The maximum Gasteiger partial charge on any atom is 0.230 e. The highest BCUT2D eigenvalue weighted by molar-refractivity contribution is 5.79. The number of amides is 1. The van der Waals surface area contributed by atoms with Crippen molar-refractivity contribution in [1.82, 2.24) is 25.2 Å². The lowest BCUT2D eigenvalue weighted by molar-refractivity contribution is -0.120. The van der Waals surface area contributed by atoms with Gasteiger partial charge in [0.15, 0.2) is 5.82 Å². The first kappa shape index (κ1) is 22.1. The number of ether oxygens (including phenoxy) is 1. The Morgan fingerprint density at radius 1 is 1.16 bits per heavy atom. The Morgan fingerprint density at radius 3 is 2.77 bits per heavy atom. The van der Waals surface area contributed by atoms with Crippen molar-refractivity contribution in [2.45, 2.75) is 6.42 Å². The summed E-state index contributed by atoms with van der Waals surface area (Å²) in [6.07, 6.45) is 1.65. The minimum atomic E-state index is -0.407. The average molecular weight is 424 g/mol. The maximum atomic E-state index is 13.5. The van der Waals surface area contributed by atoms with Gasteiger partial charge in [-0.05, 0) is 43.9 Å². The number of carbonyl (C=O) groups excluding carboxylic acids is 1. The van der Waals surface area contributed by atoms with Crippen molar-refractivity contribution >= 4 is 17.5 Å². The maximum absolute atomic E-state index is 13.5. The molecule has 1 amide bonds. The summed E-state index contributed by atoms with van der Waals surface area (Å²) in [5, 5.41) is 6.02. The summed E-state index contributed by atoms with van der Waals surface area (Å²) in [5.41, 5.74) is 2.15. The molecule has 0 radical (unpaired) electrons. The van der Waals surface area contributed by atoms with E-state index in [-0.39, 0.29) is 12.3 Å². The molecule has 0 saturated heterocycles. The predicted molar refractivity (Wildman–Crippen MR) is 117 cm³/mol. The van der Waals surface area contributed by atoms with E-state index in [4.69, 9.17) is 4.74 Å². The van der Waals surface area contributed by atoms with Gasteiger partial charge in [0, 0.05) is 24.8 Å². The van der Waals surface area contributed by atoms with Crippen LogP contribution in [0.2, 0.25) is 0 Å². The summed E-state index contributed by atoms with van der Waals surface area (Å²) in [7, 11) is 5.38. The van der Waals surface area contributed by atoms with E-state index in [1.807, 2.05) is 43.3 Å². The fourth-order valence-corrected chi connectivity index (χ4v) is 2.89. The zero-order valence-electron chi connectivity index (χ0n) is 17.7. The predicted octanol–water partition coefficient (Wildman–Crippen LogP) is 2.65. The number of likely N-dealkylation sites (N-methyl/N-ethyl adjacent to an activating group) is 1. The molecule has 0 aliphatic rings. The van der Waals surface area contributed by atoms with Gasteiger partial charge in [-0.25, -0.2) is 14.4 Å². The van der Waals surface area contributed by atoms with E-state index < -0.39 is 5.82 Å². The van der Waals surface area contributed by atoms with Crippen molar-refractivity contribution in [1.29, 1.82) is 0 Å². The Bertz CT molecular complexity index is 1040. The third kappa shape index (κ3) is 6.45. The van der Waals surface area contributed by atoms with Crippen molar-refractivity contribution in [2.24, 2.45) is 0 Å². The minimum Gasteiger partial charge on any atom is -0.496 e. The molecule has 0 bridgehead atoms. The molecule has 9 heteroatoms. The van der Waals surface area contributed by atoms with Crippen LogP contribution in [0.15, 0.2) is 48.8 Å². The van der Waals surface area contributed by atoms with Gasteiger partial charge in [0.05, 0.1) is 19.1 Å². The summed E-state index contributed by atoms with van der Waals surface area (Å²) in [4.78, 5) is 26.9. The second-order valence-electron chi connectivity index (χ2n) is 7.13. The molecule has 162 valence electrons. The number of rotatable bonds is 9. The lowest BCUT2D eigenvalue weighted by Crippen LogP contribution is -2.32. The van der Waals surface area contributed by atoms with E-state index >= 15 is 0 Å². The number of nitrogens with zero attached hydrogens (tertiary/aromatic N) is 4. The number of anilines is 2. The largest absolute Gasteiger partial charge is 0.496 e. The van der Waals surface area contributed by atoms with Gasteiger partial charge in [-0.3, -0.25) is 4.79 Å². The fraction of sp³-hybridized carbons (Fsp3) is 0.273. The Morgan fingerprint density at radius 2 is 2.00 bits per heavy atom. The molecular weight excluding hydrogens is 399 g/mol. The van der Waals surface area contributed by atoms with Gasteiger partial charge in [-0.15, -0.1) is 0 Å². The number of carbonyl (C=O) groups is 1. The lowest BCUT2D eigenvalue weighted by Gasteiger charge is -2.11. The number of halogens is 1. The molecule has 1 aromatic heterocycles. The number of hydrogen-bond donors (Lipinski definition) is 2. The Balaban J connectivity index is 1.70. The van der Waals surface area contributed by atoms with Gasteiger partial charge in [0.1, 0.15) is 17.9 Å². The van der Waals surface area contributed by atoms with Crippen molar-refractivity contribution in [2.75, 3.05) is 39.6 Å².